The number of hydrogen-bond acceptors (Lipinski definition) is 3. The number of ketones is 1. The number of hydrogen-bond donors (Lipinski definition) is 0. The summed E-state index contributed by atoms with van der Waals surface area (Å²) in [7, 11) is 1.92. The van der Waals surface area contributed by atoms with Crippen molar-refractivity contribution in [1.82, 2.24) is 14.4 Å². The van der Waals surface area contributed by atoms with Crippen LogP contribution in [0.15, 0.2) is 18.3 Å². The number of piperazine rings is 1. The number of Topliss-reactive ketones (excluding diaryl/α,β-unsaturated/α-hetero) is 1. The van der Waals surface area contributed by atoms with E-state index in [1.807, 2.05) is 29.9 Å². The Kier molecular flexibility index (Phi) is 4.11. The van der Waals surface area contributed by atoms with Crippen LogP contribution < -0.4 is 0 Å². The second kappa shape index (κ2) is 5.47. The van der Waals surface area contributed by atoms with Gasteiger partial charge in [-0.25, -0.2) is 0 Å². The molecular weight excluding hydrogens is 238 g/mol. The van der Waals surface area contributed by atoms with Gasteiger partial charge in [0, 0.05) is 45.0 Å². The minimum Gasteiger partial charge on any atom is -0.348 e. The van der Waals surface area contributed by atoms with Gasteiger partial charge in [-0.15, -0.1) is 0 Å². The number of nitrogens with zero attached hydrogens (tertiary/aromatic N) is 3. The van der Waals surface area contributed by atoms with Gasteiger partial charge in [-0.2, -0.15) is 0 Å². The Bertz CT molecular complexity index is 436. The number of aryl methyl sites for hydroxylation is 1. The predicted octanol–water partition coefficient (Wildman–Crippen LogP) is 1.62. The first-order valence-corrected chi connectivity index (χ1v) is 7.00. The Morgan fingerprint density at radius 3 is 2.32 bits per heavy atom. The summed E-state index contributed by atoms with van der Waals surface area (Å²) in [4.78, 5) is 16.9. The molecule has 1 fully saturated rings. The molecule has 1 aliphatic rings. The number of carbonyl (C=O) groups excluding carboxylic acids is 1. The van der Waals surface area contributed by atoms with E-state index in [0.717, 1.165) is 31.9 Å². The zero-order valence-electron chi connectivity index (χ0n) is 12.5. The first kappa shape index (κ1) is 14.3. The Hall–Kier alpha value is -1.13. The van der Waals surface area contributed by atoms with Crippen LogP contribution in [0.2, 0.25) is 0 Å². The third-order valence-corrected chi connectivity index (χ3v) is 3.92. The van der Waals surface area contributed by atoms with Gasteiger partial charge in [-0.05, 0) is 32.9 Å². The molecule has 0 radical (unpaired) electrons. The molecule has 2 rings (SSSR count). The minimum absolute atomic E-state index is 0.219. The Morgan fingerprint density at radius 1 is 1.21 bits per heavy atom. The van der Waals surface area contributed by atoms with E-state index in [-0.39, 0.29) is 11.3 Å². The molecule has 1 saturated heterocycles. The van der Waals surface area contributed by atoms with E-state index >= 15 is 0 Å². The van der Waals surface area contributed by atoms with Crippen LogP contribution in [0.1, 0.15) is 31.3 Å². The van der Waals surface area contributed by atoms with E-state index < -0.39 is 0 Å². The molecule has 106 valence electrons. The lowest BCUT2D eigenvalue weighted by Crippen LogP contribution is -2.54. The largest absolute Gasteiger partial charge is 0.348 e. The lowest BCUT2D eigenvalue weighted by molar-refractivity contribution is 0.0576. The summed E-state index contributed by atoms with van der Waals surface area (Å²) >= 11 is 0. The smallest absolute Gasteiger partial charge is 0.193 e. The molecule has 0 saturated carbocycles. The van der Waals surface area contributed by atoms with Crippen molar-refractivity contribution in [1.29, 1.82) is 0 Å². The Labute approximate surface area is 116 Å². The van der Waals surface area contributed by atoms with E-state index in [0.29, 0.717) is 6.54 Å². The van der Waals surface area contributed by atoms with Gasteiger partial charge in [0.15, 0.2) is 5.78 Å². The second-order valence-electron chi connectivity index (χ2n) is 6.36. The highest BCUT2D eigenvalue weighted by Crippen LogP contribution is 2.16. The lowest BCUT2D eigenvalue weighted by Gasteiger charge is -2.42. The number of rotatable bonds is 3. The zero-order valence-corrected chi connectivity index (χ0v) is 12.5. The van der Waals surface area contributed by atoms with E-state index in [9.17, 15) is 4.79 Å². The highest BCUT2D eigenvalue weighted by molar-refractivity contribution is 5.96. The van der Waals surface area contributed by atoms with Crippen LogP contribution in [-0.2, 0) is 7.05 Å². The average molecular weight is 263 g/mol. The van der Waals surface area contributed by atoms with Crippen molar-refractivity contribution in [2.75, 3.05) is 32.7 Å². The second-order valence-corrected chi connectivity index (χ2v) is 6.36. The van der Waals surface area contributed by atoms with Gasteiger partial charge < -0.3 is 4.57 Å². The molecule has 0 aromatic carbocycles. The molecule has 19 heavy (non-hydrogen) atoms. The SMILES string of the molecule is Cn1cccc1C(=O)CN1CCN(C(C)(C)C)CC1. The highest BCUT2D eigenvalue weighted by Gasteiger charge is 2.26. The quantitative estimate of drug-likeness (QED) is 0.776. The summed E-state index contributed by atoms with van der Waals surface area (Å²) in [5.74, 6) is 0.219. The molecule has 4 heteroatoms. The molecule has 1 aliphatic heterocycles. The highest BCUT2D eigenvalue weighted by atomic mass is 16.1. The summed E-state index contributed by atoms with van der Waals surface area (Å²) in [6, 6.07) is 3.82. The molecular formula is C15H25N3O. The lowest BCUT2D eigenvalue weighted by atomic mass is 10.0. The van der Waals surface area contributed by atoms with Crippen LogP contribution in [0.3, 0.4) is 0 Å². The summed E-state index contributed by atoms with van der Waals surface area (Å²) in [5.41, 5.74) is 1.03. The van der Waals surface area contributed by atoms with Crippen molar-refractivity contribution >= 4 is 5.78 Å². The van der Waals surface area contributed by atoms with Gasteiger partial charge in [0.05, 0.1) is 12.2 Å². The van der Waals surface area contributed by atoms with Crippen LogP contribution in [0.4, 0.5) is 0 Å². The maximum absolute atomic E-state index is 12.2. The third-order valence-electron chi connectivity index (χ3n) is 3.92. The van der Waals surface area contributed by atoms with Gasteiger partial charge in [0.2, 0.25) is 0 Å². The predicted molar refractivity (Wildman–Crippen MR) is 77.5 cm³/mol. The van der Waals surface area contributed by atoms with E-state index in [1.54, 1.807) is 0 Å². The summed E-state index contributed by atoms with van der Waals surface area (Å²) in [5, 5.41) is 0. The summed E-state index contributed by atoms with van der Waals surface area (Å²) < 4.78 is 1.90. The Balaban J connectivity index is 1.86. The van der Waals surface area contributed by atoms with Gasteiger partial charge in [0.25, 0.3) is 0 Å². The molecule has 0 atom stereocenters. The molecule has 0 bridgehead atoms. The normalized spacial score (nSPS) is 18.7. The third kappa shape index (κ3) is 3.45. The van der Waals surface area contributed by atoms with E-state index in [2.05, 4.69) is 30.6 Å². The van der Waals surface area contributed by atoms with Crippen molar-refractivity contribution in [3.05, 3.63) is 24.0 Å². The monoisotopic (exact) mass is 263 g/mol. The number of aromatic nitrogens is 1. The Morgan fingerprint density at radius 2 is 1.84 bits per heavy atom. The fourth-order valence-corrected chi connectivity index (χ4v) is 2.61. The van der Waals surface area contributed by atoms with Crippen molar-refractivity contribution < 1.29 is 4.79 Å². The first-order chi connectivity index (χ1) is 8.88. The average Bonchev–Trinajstić information content (AvgIpc) is 2.75. The van der Waals surface area contributed by atoms with Gasteiger partial charge in [0.1, 0.15) is 0 Å². The molecule has 0 amide bonds. The van der Waals surface area contributed by atoms with Crippen molar-refractivity contribution in [3.8, 4) is 0 Å². The van der Waals surface area contributed by atoms with E-state index in [4.69, 9.17) is 0 Å². The fourth-order valence-electron chi connectivity index (χ4n) is 2.61. The maximum atomic E-state index is 12.2. The fraction of sp³-hybridized carbons (Fsp3) is 0.667. The molecule has 0 aliphatic carbocycles. The van der Waals surface area contributed by atoms with Crippen LogP contribution in [0, 0.1) is 0 Å². The standard InChI is InChI=1S/C15H25N3O/c1-15(2,3)18-10-8-17(9-11-18)12-14(19)13-6-5-7-16(13)4/h5-7H,8-12H2,1-4H3. The molecule has 0 unspecified atom stereocenters. The van der Waals surface area contributed by atoms with Crippen molar-refractivity contribution in [2.24, 2.45) is 7.05 Å². The van der Waals surface area contributed by atoms with Crippen molar-refractivity contribution in [3.63, 3.8) is 0 Å². The van der Waals surface area contributed by atoms with Crippen LogP contribution in [-0.4, -0.2) is 58.4 Å². The summed E-state index contributed by atoms with van der Waals surface area (Å²) in [6.45, 7) is 11.3. The van der Waals surface area contributed by atoms with Gasteiger partial charge in [-0.1, -0.05) is 0 Å². The topological polar surface area (TPSA) is 28.5 Å². The minimum atomic E-state index is 0.219. The van der Waals surface area contributed by atoms with Crippen molar-refractivity contribution in [2.45, 2.75) is 26.3 Å². The molecule has 0 spiro atoms. The first-order valence-electron chi connectivity index (χ1n) is 7.00. The van der Waals surface area contributed by atoms with Gasteiger partial charge >= 0.3 is 0 Å². The van der Waals surface area contributed by atoms with Crippen LogP contribution >= 0.6 is 0 Å². The molecule has 2 heterocycles. The molecule has 4 nitrogen and oxygen atoms in total. The van der Waals surface area contributed by atoms with Gasteiger partial charge in [-0.3, -0.25) is 14.6 Å². The van der Waals surface area contributed by atoms with E-state index in [1.165, 1.54) is 0 Å². The van der Waals surface area contributed by atoms with Crippen LogP contribution in [0.25, 0.3) is 0 Å². The zero-order chi connectivity index (χ0) is 14.0. The van der Waals surface area contributed by atoms with Crippen LogP contribution in [0.5, 0.6) is 0 Å². The molecule has 1 aromatic heterocycles. The number of carbonyl (C=O) groups is 1. The molecule has 0 N–H and O–H groups in total. The summed E-state index contributed by atoms with van der Waals surface area (Å²) in [6.07, 6.45) is 1.92. The maximum Gasteiger partial charge on any atom is 0.193 e. The molecule has 1 aromatic rings.